The Bertz CT molecular complexity index is 826. The van der Waals surface area contributed by atoms with Gasteiger partial charge in [-0.05, 0) is 19.8 Å². The number of hydrogen-bond acceptors (Lipinski definition) is 7. The quantitative estimate of drug-likeness (QED) is 0.710. The molecule has 1 fully saturated rings. The smallest absolute Gasteiger partial charge is 0.231 e. The lowest BCUT2D eigenvalue weighted by molar-refractivity contribution is 0.331. The summed E-state index contributed by atoms with van der Waals surface area (Å²) in [5.41, 5.74) is 1.12. The fraction of sp³-hybridized carbons (Fsp3) is 0.625. The van der Waals surface area contributed by atoms with Crippen LogP contribution in [0.15, 0.2) is 10.7 Å². The minimum absolute atomic E-state index is 0.0413. The van der Waals surface area contributed by atoms with Crippen LogP contribution in [0.5, 0.6) is 0 Å². The van der Waals surface area contributed by atoms with Crippen molar-refractivity contribution in [3.63, 3.8) is 0 Å². The Morgan fingerprint density at radius 3 is 2.79 bits per heavy atom. The van der Waals surface area contributed by atoms with Crippen LogP contribution >= 0.6 is 11.3 Å². The van der Waals surface area contributed by atoms with Gasteiger partial charge in [0.1, 0.15) is 0 Å². The van der Waals surface area contributed by atoms with E-state index in [2.05, 4.69) is 35.8 Å². The standard InChI is InChI=1S/C16H22N6OS/c1-10-17-13(23-20-10)11-6-5-7-21(8-11)15-19-22-9-12(16(2,3)4)18-14(22)24-15/h9,11H,5-8H2,1-4H3/t11-/m0/s1. The molecule has 0 N–H and O–H groups in total. The molecule has 0 aliphatic carbocycles. The summed E-state index contributed by atoms with van der Waals surface area (Å²) < 4.78 is 7.27. The number of imidazole rings is 1. The van der Waals surface area contributed by atoms with Crippen molar-refractivity contribution in [2.75, 3.05) is 18.0 Å². The zero-order valence-corrected chi connectivity index (χ0v) is 15.3. The lowest BCUT2D eigenvalue weighted by Crippen LogP contribution is -2.34. The molecular formula is C16H22N6OS. The number of fused-ring (bicyclic) bond motifs is 1. The maximum Gasteiger partial charge on any atom is 0.231 e. The number of nitrogens with zero attached hydrogens (tertiary/aromatic N) is 6. The number of piperidine rings is 1. The van der Waals surface area contributed by atoms with Gasteiger partial charge >= 0.3 is 0 Å². The van der Waals surface area contributed by atoms with Crippen LogP contribution in [-0.2, 0) is 5.41 Å². The minimum Gasteiger partial charge on any atom is -0.346 e. The number of aryl methyl sites for hydroxylation is 1. The SMILES string of the molecule is Cc1noc([C@H]2CCCN(c3nn4cc(C(C)(C)C)nc4s3)C2)n1. The van der Waals surface area contributed by atoms with Crippen molar-refractivity contribution in [2.24, 2.45) is 0 Å². The molecule has 3 aromatic heterocycles. The third kappa shape index (κ3) is 2.79. The first-order chi connectivity index (χ1) is 11.4. The normalized spacial score (nSPS) is 19.3. The summed E-state index contributed by atoms with van der Waals surface area (Å²) in [5, 5.41) is 9.67. The van der Waals surface area contributed by atoms with Crippen LogP contribution in [0.4, 0.5) is 5.13 Å². The molecule has 0 saturated carbocycles. The molecule has 1 aliphatic heterocycles. The lowest BCUT2D eigenvalue weighted by Gasteiger charge is -2.30. The Kier molecular flexibility index (Phi) is 3.59. The highest BCUT2D eigenvalue weighted by Gasteiger charge is 2.28. The molecule has 0 amide bonds. The van der Waals surface area contributed by atoms with Crippen LogP contribution in [0.2, 0.25) is 0 Å². The van der Waals surface area contributed by atoms with E-state index in [9.17, 15) is 0 Å². The molecular weight excluding hydrogens is 324 g/mol. The van der Waals surface area contributed by atoms with Crippen LogP contribution in [0.3, 0.4) is 0 Å². The van der Waals surface area contributed by atoms with Crippen molar-refractivity contribution >= 4 is 21.4 Å². The van der Waals surface area contributed by atoms with Crippen molar-refractivity contribution in [1.29, 1.82) is 0 Å². The summed E-state index contributed by atoms with van der Waals surface area (Å²) in [4.78, 5) is 12.4. The van der Waals surface area contributed by atoms with Gasteiger partial charge in [0, 0.05) is 18.5 Å². The minimum atomic E-state index is 0.0413. The zero-order valence-electron chi connectivity index (χ0n) is 14.5. The largest absolute Gasteiger partial charge is 0.346 e. The van der Waals surface area contributed by atoms with Crippen molar-refractivity contribution in [3.05, 3.63) is 23.6 Å². The third-order valence-corrected chi connectivity index (χ3v) is 5.37. The number of hydrogen-bond donors (Lipinski definition) is 0. The second kappa shape index (κ2) is 5.54. The van der Waals surface area contributed by atoms with Crippen LogP contribution in [0, 0.1) is 6.92 Å². The fourth-order valence-corrected chi connectivity index (χ4v) is 3.93. The van der Waals surface area contributed by atoms with Gasteiger partial charge in [0.2, 0.25) is 16.0 Å². The summed E-state index contributed by atoms with van der Waals surface area (Å²) in [6.07, 6.45) is 4.22. The summed E-state index contributed by atoms with van der Waals surface area (Å²) >= 11 is 1.64. The van der Waals surface area contributed by atoms with E-state index in [0.29, 0.717) is 5.82 Å². The molecule has 0 bridgehead atoms. The van der Waals surface area contributed by atoms with E-state index >= 15 is 0 Å². The molecule has 1 atom stereocenters. The summed E-state index contributed by atoms with van der Waals surface area (Å²) in [7, 11) is 0. The number of rotatable bonds is 2. The molecule has 0 radical (unpaired) electrons. The van der Waals surface area contributed by atoms with Crippen LogP contribution in [0.25, 0.3) is 4.96 Å². The van der Waals surface area contributed by atoms with Crippen LogP contribution < -0.4 is 4.90 Å². The lowest BCUT2D eigenvalue weighted by atomic mass is 9.93. The van der Waals surface area contributed by atoms with Gasteiger partial charge in [-0.2, -0.15) is 4.98 Å². The van der Waals surface area contributed by atoms with Gasteiger partial charge < -0.3 is 9.42 Å². The van der Waals surface area contributed by atoms with Gasteiger partial charge in [0.05, 0.1) is 17.8 Å². The first kappa shape index (κ1) is 15.6. The summed E-state index contributed by atoms with van der Waals surface area (Å²) in [6.45, 7) is 10.2. The second-order valence-electron chi connectivity index (χ2n) is 7.45. The Hall–Kier alpha value is -1.96. The molecule has 128 valence electrons. The molecule has 1 aliphatic rings. The predicted molar refractivity (Wildman–Crippen MR) is 92.8 cm³/mol. The predicted octanol–water partition coefficient (Wildman–Crippen LogP) is 3.16. The average molecular weight is 346 g/mol. The highest BCUT2D eigenvalue weighted by molar-refractivity contribution is 7.20. The van der Waals surface area contributed by atoms with Crippen molar-refractivity contribution in [1.82, 2.24) is 24.7 Å². The highest BCUT2D eigenvalue weighted by atomic mass is 32.1. The van der Waals surface area contributed by atoms with Crippen molar-refractivity contribution in [3.8, 4) is 0 Å². The van der Waals surface area contributed by atoms with E-state index in [0.717, 1.165) is 47.6 Å². The van der Waals surface area contributed by atoms with Gasteiger partial charge in [0.15, 0.2) is 5.82 Å². The molecule has 7 nitrogen and oxygen atoms in total. The van der Waals surface area contributed by atoms with Gasteiger partial charge in [-0.15, -0.1) is 5.10 Å². The summed E-state index contributed by atoms with van der Waals surface area (Å²) in [5.74, 6) is 1.72. The third-order valence-electron chi connectivity index (χ3n) is 4.39. The van der Waals surface area contributed by atoms with Crippen LogP contribution in [-0.4, -0.2) is 37.8 Å². The molecule has 0 unspecified atom stereocenters. The molecule has 0 aromatic carbocycles. The van der Waals surface area contributed by atoms with Gasteiger partial charge in [-0.25, -0.2) is 9.50 Å². The highest BCUT2D eigenvalue weighted by Crippen LogP contribution is 2.32. The topological polar surface area (TPSA) is 72.4 Å². The number of anilines is 1. The molecule has 24 heavy (non-hydrogen) atoms. The number of aromatic nitrogens is 5. The van der Waals surface area contributed by atoms with Gasteiger partial charge in [-0.3, -0.25) is 0 Å². The Labute approximate surface area is 144 Å². The van der Waals surface area contributed by atoms with Crippen molar-refractivity contribution in [2.45, 2.75) is 51.9 Å². The molecule has 4 rings (SSSR count). The monoisotopic (exact) mass is 346 g/mol. The molecule has 8 heteroatoms. The van der Waals surface area contributed by atoms with E-state index in [4.69, 9.17) is 14.6 Å². The molecule has 0 spiro atoms. The first-order valence-corrected chi connectivity index (χ1v) is 9.13. The fourth-order valence-electron chi connectivity index (χ4n) is 3.01. The Morgan fingerprint density at radius 2 is 2.12 bits per heavy atom. The molecule has 4 heterocycles. The van der Waals surface area contributed by atoms with Gasteiger partial charge in [0.25, 0.3) is 0 Å². The summed E-state index contributed by atoms with van der Waals surface area (Å²) in [6, 6.07) is 0. The van der Waals surface area contributed by atoms with Crippen LogP contribution in [0.1, 0.15) is 56.9 Å². The first-order valence-electron chi connectivity index (χ1n) is 8.32. The van der Waals surface area contributed by atoms with E-state index in [-0.39, 0.29) is 11.3 Å². The van der Waals surface area contributed by atoms with E-state index < -0.39 is 0 Å². The zero-order chi connectivity index (χ0) is 16.9. The van der Waals surface area contributed by atoms with Crippen molar-refractivity contribution < 1.29 is 4.52 Å². The van der Waals surface area contributed by atoms with E-state index in [1.807, 2.05) is 17.6 Å². The van der Waals surface area contributed by atoms with Gasteiger partial charge in [-0.1, -0.05) is 37.3 Å². The maximum absolute atomic E-state index is 5.36. The molecule has 1 saturated heterocycles. The Morgan fingerprint density at radius 1 is 1.29 bits per heavy atom. The Balaban J connectivity index is 1.56. The van der Waals surface area contributed by atoms with E-state index in [1.54, 1.807) is 11.3 Å². The second-order valence-corrected chi connectivity index (χ2v) is 8.39. The molecule has 3 aromatic rings. The average Bonchev–Trinajstić information content (AvgIpc) is 3.20. The van der Waals surface area contributed by atoms with E-state index in [1.165, 1.54) is 0 Å². The maximum atomic E-state index is 5.36.